The molecule has 0 aromatic carbocycles. The Bertz CT molecular complexity index is 387. The predicted octanol–water partition coefficient (Wildman–Crippen LogP) is -0.0739. The molecule has 0 bridgehead atoms. The van der Waals surface area contributed by atoms with Crippen molar-refractivity contribution in [2.45, 2.75) is 12.5 Å². The minimum atomic E-state index is -1.05. The molecule has 1 atom stereocenters. The van der Waals surface area contributed by atoms with E-state index in [-0.39, 0.29) is 17.3 Å². The fraction of sp³-hybridized carbons (Fsp3) is 0.375. The topological polar surface area (TPSA) is 127 Å². The molecule has 88 valence electrons. The number of aromatic nitrogens is 2. The van der Waals surface area contributed by atoms with Gasteiger partial charge in [-0.2, -0.15) is 0 Å². The van der Waals surface area contributed by atoms with Crippen LogP contribution in [0.3, 0.4) is 0 Å². The van der Waals surface area contributed by atoms with Crippen LogP contribution in [0.2, 0.25) is 5.15 Å². The third-order valence-electron chi connectivity index (χ3n) is 1.90. The van der Waals surface area contributed by atoms with E-state index in [4.69, 9.17) is 28.2 Å². The summed E-state index contributed by atoms with van der Waals surface area (Å²) in [5.74, 6) is -0.673. The van der Waals surface area contributed by atoms with Crippen LogP contribution in [0.5, 0.6) is 0 Å². The molecule has 0 aliphatic heterocycles. The number of nitrogens with zero attached hydrogens (tertiary/aromatic N) is 2. The molecule has 7 nitrogen and oxygen atoms in total. The summed E-state index contributed by atoms with van der Waals surface area (Å²) in [4.78, 5) is 18.0. The maximum Gasteiger partial charge on any atom is 0.320 e. The molecular formula is C8H12ClN5O2. The average molecular weight is 246 g/mol. The summed E-state index contributed by atoms with van der Waals surface area (Å²) in [6, 6.07) is -0.911. The summed E-state index contributed by atoms with van der Waals surface area (Å²) >= 11 is 5.67. The number of carbonyl (C=O) groups is 1. The van der Waals surface area contributed by atoms with E-state index in [9.17, 15) is 4.79 Å². The Morgan fingerprint density at radius 2 is 2.31 bits per heavy atom. The standard InChI is InChI=1S/C8H12ClN5O2/c9-6-5(11)7(14-3-13-6)12-2-1-4(10)8(15)16/h3-4H,1-2,10-11H2,(H,15,16)(H,12,13,14)/t4-/m0/s1. The van der Waals surface area contributed by atoms with Crippen LogP contribution in [0.4, 0.5) is 11.5 Å². The van der Waals surface area contributed by atoms with E-state index in [0.29, 0.717) is 12.4 Å². The van der Waals surface area contributed by atoms with Gasteiger partial charge in [-0.15, -0.1) is 0 Å². The molecule has 1 aromatic heterocycles. The largest absolute Gasteiger partial charge is 0.480 e. The number of aliphatic carboxylic acids is 1. The predicted molar refractivity (Wildman–Crippen MR) is 60.2 cm³/mol. The molecule has 1 rings (SSSR count). The number of hydrogen-bond acceptors (Lipinski definition) is 6. The first-order valence-electron chi connectivity index (χ1n) is 4.50. The van der Waals surface area contributed by atoms with E-state index in [1.165, 1.54) is 6.33 Å². The first kappa shape index (κ1) is 12.5. The molecule has 0 spiro atoms. The van der Waals surface area contributed by atoms with Crippen molar-refractivity contribution in [3.63, 3.8) is 0 Å². The number of hydrogen-bond donors (Lipinski definition) is 4. The molecule has 8 heteroatoms. The Morgan fingerprint density at radius 3 is 2.94 bits per heavy atom. The third-order valence-corrected chi connectivity index (χ3v) is 2.20. The summed E-state index contributed by atoms with van der Waals surface area (Å²) in [5.41, 5.74) is 11.1. The summed E-state index contributed by atoms with van der Waals surface area (Å²) in [5, 5.41) is 11.5. The maximum atomic E-state index is 10.4. The number of nitrogens with one attached hydrogen (secondary N) is 1. The Labute approximate surface area is 96.8 Å². The van der Waals surface area contributed by atoms with Crippen LogP contribution in [0, 0.1) is 0 Å². The van der Waals surface area contributed by atoms with Crippen LogP contribution >= 0.6 is 11.6 Å². The van der Waals surface area contributed by atoms with Gasteiger partial charge in [0.05, 0.1) is 0 Å². The number of carboxylic acid groups (broad SMARTS) is 1. The van der Waals surface area contributed by atoms with E-state index in [1.807, 2.05) is 0 Å². The highest BCUT2D eigenvalue weighted by molar-refractivity contribution is 6.32. The lowest BCUT2D eigenvalue weighted by molar-refractivity contribution is -0.138. The number of halogens is 1. The van der Waals surface area contributed by atoms with Crippen LogP contribution in [-0.2, 0) is 4.79 Å². The number of carboxylic acids is 1. The number of nitrogens with two attached hydrogens (primary N) is 2. The molecule has 1 heterocycles. The zero-order valence-corrected chi connectivity index (χ0v) is 9.11. The number of nitrogen functional groups attached to an aromatic ring is 1. The van der Waals surface area contributed by atoms with Crippen molar-refractivity contribution in [2.75, 3.05) is 17.6 Å². The van der Waals surface area contributed by atoms with Crippen molar-refractivity contribution in [3.05, 3.63) is 11.5 Å². The van der Waals surface area contributed by atoms with Gasteiger partial charge in [-0.1, -0.05) is 11.6 Å². The lowest BCUT2D eigenvalue weighted by Crippen LogP contribution is -2.32. The Balaban J connectivity index is 2.49. The lowest BCUT2D eigenvalue weighted by atomic mass is 10.2. The Morgan fingerprint density at radius 1 is 1.62 bits per heavy atom. The van der Waals surface area contributed by atoms with Crippen LogP contribution in [0.1, 0.15) is 6.42 Å². The smallest absolute Gasteiger partial charge is 0.320 e. The Kier molecular flexibility index (Phi) is 4.27. The first-order valence-corrected chi connectivity index (χ1v) is 4.88. The van der Waals surface area contributed by atoms with Gasteiger partial charge in [-0.05, 0) is 6.42 Å². The van der Waals surface area contributed by atoms with Crippen LogP contribution in [0.25, 0.3) is 0 Å². The first-order chi connectivity index (χ1) is 7.52. The van der Waals surface area contributed by atoms with E-state index in [0.717, 1.165) is 0 Å². The molecule has 16 heavy (non-hydrogen) atoms. The molecule has 0 saturated heterocycles. The summed E-state index contributed by atoms with van der Waals surface area (Å²) in [6.45, 7) is 0.338. The van der Waals surface area contributed by atoms with Crippen molar-refractivity contribution >= 4 is 29.1 Å². The van der Waals surface area contributed by atoms with Gasteiger partial charge in [-0.25, -0.2) is 9.97 Å². The molecule has 0 fully saturated rings. The van der Waals surface area contributed by atoms with Crippen molar-refractivity contribution in [2.24, 2.45) is 5.73 Å². The molecule has 6 N–H and O–H groups in total. The normalized spacial score (nSPS) is 12.1. The van der Waals surface area contributed by atoms with E-state index in [1.54, 1.807) is 0 Å². The van der Waals surface area contributed by atoms with Gasteiger partial charge in [0.1, 0.15) is 18.1 Å². The van der Waals surface area contributed by atoms with Gasteiger partial charge in [0.15, 0.2) is 11.0 Å². The zero-order chi connectivity index (χ0) is 12.1. The van der Waals surface area contributed by atoms with Gasteiger partial charge in [0.2, 0.25) is 0 Å². The highest BCUT2D eigenvalue weighted by Crippen LogP contribution is 2.21. The van der Waals surface area contributed by atoms with E-state index < -0.39 is 12.0 Å². The molecule has 0 amide bonds. The highest BCUT2D eigenvalue weighted by Gasteiger charge is 2.11. The van der Waals surface area contributed by atoms with Crippen molar-refractivity contribution in [1.29, 1.82) is 0 Å². The van der Waals surface area contributed by atoms with Crippen molar-refractivity contribution < 1.29 is 9.90 Å². The second-order valence-corrected chi connectivity index (χ2v) is 3.44. The van der Waals surface area contributed by atoms with Crippen LogP contribution in [-0.4, -0.2) is 33.6 Å². The van der Waals surface area contributed by atoms with Gasteiger partial charge in [0, 0.05) is 6.54 Å². The fourth-order valence-corrected chi connectivity index (χ4v) is 1.12. The minimum Gasteiger partial charge on any atom is -0.480 e. The fourth-order valence-electron chi connectivity index (χ4n) is 0.984. The Hall–Kier alpha value is -1.60. The lowest BCUT2D eigenvalue weighted by Gasteiger charge is -2.10. The van der Waals surface area contributed by atoms with Gasteiger partial charge >= 0.3 is 5.97 Å². The number of anilines is 2. The second-order valence-electron chi connectivity index (χ2n) is 3.09. The zero-order valence-electron chi connectivity index (χ0n) is 8.35. The van der Waals surface area contributed by atoms with Crippen LogP contribution < -0.4 is 16.8 Å². The summed E-state index contributed by atoms with van der Waals surface area (Å²) in [7, 11) is 0. The molecule has 1 aromatic rings. The minimum absolute atomic E-state index is 0.153. The summed E-state index contributed by atoms with van der Waals surface area (Å²) < 4.78 is 0. The second kappa shape index (κ2) is 5.47. The molecule has 0 aliphatic carbocycles. The third kappa shape index (κ3) is 3.21. The molecule has 0 radical (unpaired) electrons. The van der Waals surface area contributed by atoms with Crippen molar-refractivity contribution in [3.8, 4) is 0 Å². The molecule has 0 unspecified atom stereocenters. The average Bonchev–Trinajstić information content (AvgIpc) is 2.24. The van der Waals surface area contributed by atoms with Gasteiger partial charge < -0.3 is 21.9 Å². The van der Waals surface area contributed by atoms with E-state index >= 15 is 0 Å². The quantitative estimate of drug-likeness (QED) is 0.535. The van der Waals surface area contributed by atoms with Gasteiger partial charge in [0.25, 0.3) is 0 Å². The van der Waals surface area contributed by atoms with Crippen molar-refractivity contribution in [1.82, 2.24) is 9.97 Å². The van der Waals surface area contributed by atoms with Gasteiger partial charge in [-0.3, -0.25) is 4.79 Å². The highest BCUT2D eigenvalue weighted by atomic mass is 35.5. The molecule has 0 aliphatic rings. The SMILES string of the molecule is Nc1c(Cl)ncnc1NCC[C@H](N)C(=O)O. The maximum absolute atomic E-state index is 10.4. The molecular weight excluding hydrogens is 234 g/mol. The monoisotopic (exact) mass is 245 g/mol. The molecule has 0 saturated carbocycles. The van der Waals surface area contributed by atoms with E-state index in [2.05, 4.69) is 15.3 Å². The number of rotatable bonds is 5. The summed E-state index contributed by atoms with van der Waals surface area (Å²) in [6.07, 6.45) is 1.52. The van der Waals surface area contributed by atoms with Crippen LogP contribution in [0.15, 0.2) is 6.33 Å².